The van der Waals surface area contributed by atoms with E-state index in [1.54, 1.807) is 7.11 Å². The highest BCUT2D eigenvalue weighted by atomic mass is 79.9. The molecule has 2 nitrogen and oxygen atoms in total. The highest BCUT2D eigenvalue weighted by Crippen LogP contribution is 2.53. The summed E-state index contributed by atoms with van der Waals surface area (Å²) in [4.78, 5) is 0.567. The topological polar surface area (TPSA) is 18.5 Å². The van der Waals surface area contributed by atoms with Gasteiger partial charge >= 0.3 is 0 Å². The normalized spacial score (nSPS) is 24.7. The Morgan fingerprint density at radius 2 is 2.00 bits per heavy atom. The predicted molar refractivity (Wildman–Crippen MR) is 85.5 cm³/mol. The summed E-state index contributed by atoms with van der Waals surface area (Å²) >= 11 is 7.34. The van der Waals surface area contributed by atoms with Crippen LogP contribution >= 0.6 is 31.9 Å². The number of methoxy groups -OCH3 is 1. The molecule has 1 fully saturated rings. The van der Waals surface area contributed by atoms with E-state index in [1.165, 1.54) is 0 Å². The van der Waals surface area contributed by atoms with Crippen molar-refractivity contribution in [2.45, 2.75) is 44.0 Å². The van der Waals surface area contributed by atoms with Crippen molar-refractivity contribution in [2.24, 2.45) is 5.41 Å². The zero-order valence-electron chi connectivity index (χ0n) is 11.6. The molecule has 0 spiro atoms. The second-order valence-electron chi connectivity index (χ2n) is 5.05. The molecular weight excluding hydrogens is 372 g/mol. The number of ether oxygens (including phenoxy) is 2. The average Bonchev–Trinajstić information content (AvgIpc) is 2.41. The maximum absolute atomic E-state index is 6.22. The van der Waals surface area contributed by atoms with Gasteiger partial charge in [-0.3, -0.25) is 0 Å². The van der Waals surface area contributed by atoms with Crippen LogP contribution in [0, 0.1) is 5.41 Å². The quantitative estimate of drug-likeness (QED) is 0.644. The van der Waals surface area contributed by atoms with Gasteiger partial charge in [0.15, 0.2) is 0 Å². The van der Waals surface area contributed by atoms with Crippen LogP contribution in [0.2, 0.25) is 0 Å². The fraction of sp³-hybridized carbons (Fsp3) is 0.600. The first-order valence-corrected chi connectivity index (χ1v) is 8.42. The molecule has 1 aliphatic rings. The molecule has 0 aromatic heterocycles. The maximum atomic E-state index is 6.22. The molecular formula is C15H20Br2O2. The molecule has 1 aromatic rings. The van der Waals surface area contributed by atoms with E-state index in [9.17, 15) is 0 Å². The van der Waals surface area contributed by atoms with Crippen molar-refractivity contribution in [1.82, 2.24) is 0 Å². The monoisotopic (exact) mass is 390 g/mol. The Morgan fingerprint density at radius 1 is 1.32 bits per heavy atom. The van der Waals surface area contributed by atoms with Crippen molar-refractivity contribution >= 4 is 31.9 Å². The minimum absolute atomic E-state index is 0.263. The molecule has 4 heteroatoms. The second kappa shape index (κ2) is 6.04. The number of alkyl halides is 1. The molecule has 0 amide bonds. The van der Waals surface area contributed by atoms with Gasteiger partial charge in [-0.25, -0.2) is 0 Å². The standard InChI is InChI=1S/C15H20Br2O2/c1-4-15(5-2)13(17)9-14(15)19-12-7-6-10(18-3)8-11(12)16/h6-8,13-14H,4-5,9H2,1-3H3. The van der Waals surface area contributed by atoms with Gasteiger partial charge in [0.1, 0.15) is 17.6 Å². The molecule has 1 saturated carbocycles. The number of hydrogen-bond donors (Lipinski definition) is 0. The van der Waals surface area contributed by atoms with Crippen LogP contribution in [0.1, 0.15) is 33.1 Å². The number of halogens is 2. The van der Waals surface area contributed by atoms with E-state index in [2.05, 4.69) is 45.7 Å². The zero-order valence-corrected chi connectivity index (χ0v) is 14.8. The van der Waals surface area contributed by atoms with Gasteiger partial charge in [0.05, 0.1) is 11.6 Å². The largest absolute Gasteiger partial charge is 0.497 e. The third kappa shape index (κ3) is 2.66. The molecule has 2 atom stereocenters. The maximum Gasteiger partial charge on any atom is 0.134 e. The molecule has 0 heterocycles. The number of benzene rings is 1. The molecule has 0 bridgehead atoms. The lowest BCUT2D eigenvalue weighted by atomic mass is 9.62. The lowest BCUT2D eigenvalue weighted by Crippen LogP contribution is -2.56. The van der Waals surface area contributed by atoms with E-state index >= 15 is 0 Å². The molecule has 1 aliphatic carbocycles. The zero-order chi connectivity index (χ0) is 14.0. The molecule has 2 unspecified atom stereocenters. The third-order valence-corrected chi connectivity index (χ3v) is 6.32. The van der Waals surface area contributed by atoms with E-state index < -0.39 is 0 Å². The van der Waals surface area contributed by atoms with Crippen LogP contribution in [0.15, 0.2) is 22.7 Å². The van der Waals surface area contributed by atoms with Gasteiger partial charge in [-0.2, -0.15) is 0 Å². The first-order chi connectivity index (χ1) is 9.07. The van der Waals surface area contributed by atoms with Crippen LogP contribution in [-0.2, 0) is 0 Å². The summed E-state index contributed by atoms with van der Waals surface area (Å²) in [7, 11) is 1.67. The predicted octanol–water partition coefficient (Wildman–Crippen LogP) is 5.18. The molecule has 0 N–H and O–H groups in total. The fourth-order valence-electron chi connectivity index (χ4n) is 2.87. The Labute approximate surface area is 132 Å². The smallest absolute Gasteiger partial charge is 0.134 e. The summed E-state index contributed by atoms with van der Waals surface area (Å²) in [6.07, 6.45) is 3.63. The van der Waals surface area contributed by atoms with E-state index in [1.807, 2.05) is 18.2 Å². The first kappa shape index (κ1) is 15.2. The van der Waals surface area contributed by atoms with E-state index in [-0.39, 0.29) is 11.5 Å². The molecule has 19 heavy (non-hydrogen) atoms. The molecule has 2 rings (SSSR count). The summed E-state index contributed by atoms with van der Waals surface area (Å²) in [5.41, 5.74) is 0.263. The van der Waals surface area contributed by atoms with E-state index in [0.717, 1.165) is 35.2 Å². The van der Waals surface area contributed by atoms with Crippen LogP contribution in [0.5, 0.6) is 11.5 Å². The fourth-order valence-corrected chi connectivity index (χ4v) is 4.60. The molecule has 106 valence electrons. The van der Waals surface area contributed by atoms with Crippen LogP contribution < -0.4 is 9.47 Å². The highest BCUT2D eigenvalue weighted by Gasteiger charge is 2.53. The summed E-state index contributed by atoms with van der Waals surface area (Å²) in [6.45, 7) is 4.49. The van der Waals surface area contributed by atoms with Gasteiger partial charge < -0.3 is 9.47 Å². The van der Waals surface area contributed by atoms with Crippen LogP contribution in [0.25, 0.3) is 0 Å². The summed E-state index contributed by atoms with van der Waals surface area (Å²) < 4.78 is 12.4. The Kier molecular flexibility index (Phi) is 4.83. The van der Waals surface area contributed by atoms with Crippen LogP contribution in [0.4, 0.5) is 0 Å². The van der Waals surface area contributed by atoms with Crippen molar-refractivity contribution in [1.29, 1.82) is 0 Å². The van der Waals surface area contributed by atoms with Crippen molar-refractivity contribution in [3.63, 3.8) is 0 Å². The molecule has 1 aromatic carbocycles. The van der Waals surface area contributed by atoms with Crippen LogP contribution in [0.3, 0.4) is 0 Å². The van der Waals surface area contributed by atoms with Gasteiger partial charge in [-0.05, 0) is 53.4 Å². The lowest BCUT2D eigenvalue weighted by molar-refractivity contribution is -0.0415. The minimum Gasteiger partial charge on any atom is -0.497 e. The first-order valence-electron chi connectivity index (χ1n) is 6.71. The van der Waals surface area contributed by atoms with Gasteiger partial charge in [0.2, 0.25) is 0 Å². The van der Waals surface area contributed by atoms with Gasteiger partial charge in [0, 0.05) is 10.2 Å². The summed E-state index contributed by atoms with van der Waals surface area (Å²) in [6, 6.07) is 5.85. The second-order valence-corrected chi connectivity index (χ2v) is 7.01. The minimum atomic E-state index is 0.263. The SMILES string of the molecule is CCC1(CC)C(Br)CC1Oc1ccc(OC)cc1Br. The summed E-state index contributed by atoms with van der Waals surface area (Å²) in [5, 5.41) is 0. The van der Waals surface area contributed by atoms with Crippen molar-refractivity contribution in [2.75, 3.05) is 7.11 Å². The Balaban J connectivity index is 2.14. The van der Waals surface area contributed by atoms with Crippen LogP contribution in [-0.4, -0.2) is 18.0 Å². The molecule has 0 saturated heterocycles. The van der Waals surface area contributed by atoms with Gasteiger partial charge in [-0.1, -0.05) is 29.8 Å². The Hall–Kier alpha value is -0.220. The number of hydrogen-bond acceptors (Lipinski definition) is 2. The Bertz CT molecular complexity index is 444. The average molecular weight is 392 g/mol. The summed E-state index contributed by atoms with van der Waals surface area (Å²) in [5.74, 6) is 1.74. The molecule has 0 aliphatic heterocycles. The number of rotatable bonds is 5. The lowest BCUT2D eigenvalue weighted by Gasteiger charge is -2.52. The van der Waals surface area contributed by atoms with Crippen molar-refractivity contribution in [3.05, 3.63) is 22.7 Å². The Morgan fingerprint density at radius 3 is 2.47 bits per heavy atom. The molecule has 0 radical (unpaired) electrons. The van der Waals surface area contributed by atoms with Gasteiger partial charge in [0.25, 0.3) is 0 Å². The van der Waals surface area contributed by atoms with E-state index in [0.29, 0.717) is 4.83 Å². The third-order valence-electron chi connectivity index (χ3n) is 4.41. The highest BCUT2D eigenvalue weighted by molar-refractivity contribution is 9.10. The van der Waals surface area contributed by atoms with E-state index in [4.69, 9.17) is 9.47 Å². The van der Waals surface area contributed by atoms with Crippen molar-refractivity contribution < 1.29 is 9.47 Å². The van der Waals surface area contributed by atoms with Crippen molar-refractivity contribution in [3.8, 4) is 11.5 Å². The van der Waals surface area contributed by atoms with Gasteiger partial charge in [-0.15, -0.1) is 0 Å².